The topological polar surface area (TPSA) is 40.5 Å². The minimum atomic E-state index is -0.659. The molecule has 2 unspecified atom stereocenters. The molecule has 0 aromatic heterocycles. The van der Waals surface area contributed by atoms with Crippen LogP contribution in [-0.4, -0.2) is 35.1 Å². The monoisotopic (exact) mass is 327 g/mol. The molecule has 0 aromatic rings. The van der Waals surface area contributed by atoms with Gasteiger partial charge in [0.25, 0.3) is 0 Å². The summed E-state index contributed by atoms with van der Waals surface area (Å²) >= 11 is 0. The quantitative estimate of drug-likeness (QED) is 0.368. The average Bonchev–Trinajstić information content (AvgIpc) is 2.54. The molecule has 23 heavy (non-hydrogen) atoms. The summed E-state index contributed by atoms with van der Waals surface area (Å²) in [6.07, 6.45) is 14.2. The van der Waals surface area contributed by atoms with Crippen LogP contribution in [-0.2, 0) is 4.79 Å². The Balaban J connectivity index is 3.80. The van der Waals surface area contributed by atoms with E-state index in [9.17, 15) is 9.90 Å². The lowest BCUT2D eigenvalue weighted by Crippen LogP contribution is -2.45. The van der Waals surface area contributed by atoms with Gasteiger partial charge in [-0.3, -0.25) is 9.69 Å². The lowest BCUT2D eigenvalue weighted by atomic mass is 9.97. The van der Waals surface area contributed by atoms with E-state index < -0.39 is 5.97 Å². The van der Waals surface area contributed by atoms with Crippen LogP contribution < -0.4 is 0 Å². The fourth-order valence-electron chi connectivity index (χ4n) is 3.28. The van der Waals surface area contributed by atoms with Crippen molar-refractivity contribution < 1.29 is 9.90 Å². The molecular formula is C20H41NO2. The van der Waals surface area contributed by atoms with Crippen LogP contribution in [0.1, 0.15) is 98.3 Å². The molecule has 0 radical (unpaired) electrons. The Hall–Kier alpha value is -0.570. The standard InChI is InChI=1S/C20H41NO2/c1-5-8-9-10-11-12-13-14-15-16-17-21(7-3)19(20(22)23)18(4)6-2/h18-19H,5-17H2,1-4H3,(H,22,23). The number of likely N-dealkylation sites (N-methyl/N-ethyl adjacent to an activating group) is 1. The summed E-state index contributed by atoms with van der Waals surface area (Å²) in [7, 11) is 0. The predicted molar refractivity (Wildman–Crippen MR) is 100.0 cm³/mol. The van der Waals surface area contributed by atoms with Crippen LogP contribution in [0.4, 0.5) is 0 Å². The molecule has 0 bridgehead atoms. The van der Waals surface area contributed by atoms with E-state index in [0.717, 1.165) is 25.9 Å². The van der Waals surface area contributed by atoms with Crippen molar-refractivity contribution in [3.8, 4) is 0 Å². The van der Waals surface area contributed by atoms with Crippen LogP contribution in [0.2, 0.25) is 0 Å². The van der Waals surface area contributed by atoms with Crippen LogP contribution in [0, 0.1) is 5.92 Å². The van der Waals surface area contributed by atoms with E-state index >= 15 is 0 Å². The van der Waals surface area contributed by atoms with Crippen molar-refractivity contribution in [3.63, 3.8) is 0 Å². The summed E-state index contributed by atoms with van der Waals surface area (Å²) in [6, 6.07) is -0.316. The van der Waals surface area contributed by atoms with Gasteiger partial charge in [0.1, 0.15) is 6.04 Å². The number of unbranched alkanes of at least 4 members (excludes halogenated alkanes) is 9. The third-order valence-corrected chi connectivity index (χ3v) is 5.03. The molecule has 3 heteroatoms. The Kier molecular flexibility index (Phi) is 14.6. The van der Waals surface area contributed by atoms with Gasteiger partial charge in [-0.25, -0.2) is 0 Å². The molecule has 0 aliphatic heterocycles. The summed E-state index contributed by atoms with van der Waals surface area (Å²) < 4.78 is 0. The van der Waals surface area contributed by atoms with Crippen molar-refractivity contribution >= 4 is 5.97 Å². The predicted octanol–water partition coefficient (Wildman–Crippen LogP) is 5.73. The first kappa shape index (κ1) is 22.4. The largest absolute Gasteiger partial charge is 0.480 e. The molecule has 0 saturated carbocycles. The molecule has 0 aliphatic carbocycles. The molecular weight excluding hydrogens is 286 g/mol. The number of hydrogen-bond acceptors (Lipinski definition) is 2. The summed E-state index contributed by atoms with van der Waals surface area (Å²) in [4.78, 5) is 13.7. The maximum absolute atomic E-state index is 11.5. The lowest BCUT2D eigenvalue weighted by Gasteiger charge is -2.31. The van der Waals surface area contributed by atoms with Crippen LogP contribution in [0.25, 0.3) is 0 Å². The lowest BCUT2D eigenvalue weighted by molar-refractivity contribution is -0.145. The van der Waals surface area contributed by atoms with Gasteiger partial charge in [0, 0.05) is 0 Å². The van der Waals surface area contributed by atoms with Crippen LogP contribution in [0.5, 0.6) is 0 Å². The number of nitrogens with zero attached hydrogens (tertiary/aromatic N) is 1. The van der Waals surface area contributed by atoms with Crippen molar-refractivity contribution in [2.75, 3.05) is 13.1 Å². The first-order valence-corrected chi connectivity index (χ1v) is 10.0. The zero-order chi connectivity index (χ0) is 17.5. The van der Waals surface area contributed by atoms with Gasteiger partial charge in [-0.1, -0.05) is 91.9 Å². The van der Waals surface area contributed by atoms with Gasteiger partial charge in [-0.05, 0) is 25.4 Å². The molecule has 2 atom stereocenters. The van der Waals surface area contributed by atoms with Gasteiger partial charge >= 0.3 is 5.97 Å². The van der Waals surface area contributed by atoms with E-state index in [1.807, 2.05) is 0 Å². The first-order valence-electron chi connectivity index (χ1n) is 10.0. The van der Waals surface area contributed by atoms with Crippen molar-refractivity contribution in [2.45, 2.75) is 104 Å². The number of carboxylic acids is 1. The smallest absolute Gasteiger partial charge is 0.321 e. The van der Waals surface area contributed by atoms with E-state index in [-0.39, 0.29) is 12.0 Å². The van der Waals surface area contributed by atoms with E-state index in [2.05, 4.69) is 32.6 Å². The molecule has 0 spiro atoms. The van der Waals surface area contributed by atoms with E-state index in [0.29, 0.717) is 0 Å². The van der Waals surface area contributed by atoms with Gasteiger partial charge < -0.3 is 5.11 Å². The van der Waals surface area contributed by atoms with Gasteiger partial charge in [0.2, 0.25) is 0 Å². The molecule has 0 rings (SSSR count). The Morgan fingerprint density at radius 2 is 1.35 bits per heavy atom. The van der Waals surface area contributed by atoms with E-state index in [4.69, 9.17) is 0 Å². The second-order valence-corrected chi connectivity index (χ2v) is 6.98. The van der Waals surface area contributed by atoms with Crippen LogP contribution in [0.15, 0.2) is 0 Å². The molecule has 0 aromatic carbocycles. The number of carboxylic acid groups (broad SMARTS) is 1. The summed E-state index contributed by atoms with van der Waals surface area (Å²) in [5.41, 5.74) is 0. The molecule has 0 saturated heterocycles. The molecule has 1 N–H and O–H groups in total. The fraction of sp³-hybridized carbons (Fsp3) is 0.950. The Morgan fingerprint density at radius 3 is 1.74 bits per heavy atom. The number of rotatable bonds is 16. The molecule has 0 heterocycles. The molecule has 0 amide bonds. The minimum Gasteiger partial charge on any atom is -0.480 e. The third kappa shape index (κ3) is 10.8. The SMILES string of the molecule is CCCCCCCCCCCCN(CC)C(C(=O)O)C(C)CC. The van der Waals surface area contributed by atoms with E-state index in [1.165, 1.54) is 57.8 Å². The number of hydrogen-bond donors (Lipinski definition) is 1. The second kappa shape index (κ2) is 15.0. The normalized spacial score (nSPS) is 14.1. The Bertz CT molecular complexity index is 281. The molecule has 3 nitrogen and oxygen atoms in total. The summed E-state index contributed by atoms with van der Waals surface area (Å²) in [5, 5.41) is 9.50. The average molecular weight is 328 g/mol. The summed E-state index contributed by atoms with van der Waals surface area (Å²) in [6.45, 7) is 10.2. The zero-order valence-electron chi connectivity index (χ0n) is 16.1. The number of aliphatic carboxylic acids is 1. The number of carbonyl (C=O) groups is 1. The van der Waals surface area contributed by atoms with Crippen molar-refractivity contribution in [2.24, 2.45) is 5.92 Å². The van der Waals surface area contributed by atoms with Gasteiger partial charge in [-0.2, -0.15) is 0 Å². The maximum atomic E-state index is 11.5. The highest BCUT2D eigenvalue weighted by Gasteiger charge is 2.28. The minimum absolute atomic E-state index is 0.218. The van der Waals surface area contributed by atoms with Gasteiger partial charge in [0.15, 0.2) is 0 Å². The van der Waals surface area contributed by atoms with Crippen LogP contribution >= 0.6 is 0 Å². The first-order chi connectivity index (χ1) is 11.1. The van der Waals surface area contributed by atoms with Crippen LogP contribution in [0.3, 0.4) is 0 Å². The second-order valence-electron chi connectivity index (χ2n) is 6.98. The maximum Gasteiger partial charge on any atom is 0.321 e. The highest BCUT2D eigenvalue weighted by Crippen LogP contribution is 2.17. The highest BCUT2D eigenvalue weighted by molar-refractivity contribution is 5.73. The highest BCUT2D eigenvalue weighted by atomic mass is 16.4. The Labute approximate surface area is 144 Å². The van der Waals surface area contributed by atoms with Crippen molar-refractivity contribution in [1.82, 2.24) is 4.90 Å². The third-order valence-electron chi connectivity index (χ3n) is 5.03. The van der Waals surface area contributed by atoms with E-state index in [1.54, 1.807) is 0 Å². The fourth-order valence-corrected chi connectivity index (χ4v) is 3.28. The van der Waals surface area contributed by atoms with Gasteiger partial charge in [-0.15, -0.1) is 0 Å². The molecule has 0 aliphatic rings. The zero-order valence-corrected chi connectivity index (χ0v) is 16.1. The van der Waals surface area contributed by atoms with Gasteiger partial charge in [0.05, 0.1) is 0 Å². The molecule has 138 valence electrons. The van der Waals surface area contributed by atoms with Crippen molar-refractivity contribution in [3.05, 3.63) is 0 Å². The van der Waals surface area contributed by atoms with Crippen molar-refractivity contribution in [1.29, 1.82) is 0 Å². The summed E-state index contributed by atoms with van der Waals surface area (Å²) in [5.74, 6) is -0.441. The Morgan fingerprint density at radius 1 is 0.870 bits per heavy atom. The molecule has 0 fully saturated rings.